The number of carbonyl (C=O) groups is 1. The SMILES string of the molecule is Cc1cccc(-c2nnc(SCC(=O)Nc3cccc(O)c3)n2CC(C)C)c1. The van der Waals surface area contributed by atoms with Crippen LogP contribution in [0.4, 0.5) is 5.69 Å². The summed E-state index contributed by atoms with van der Waals surface area (Å²) in [6.45, 7) is 7.10. The smallest absolute Gasteiger partial charge is 0.234 e. The molecule has 28 heavy (non-hydrogen) atoms. The molecule has 0 saturated heterocycles. The maximum absolute atomic E-state index is 12.3. The van der Waals surface area contributed by atoms with Crippen LogP contribution in [0.2, 0.25) is 0 Å². The van der Waals surface area contributed by atoms with E-state index in [9.17, 15) is 9.90 Å². The minimum absolute atomic E-state index is 0.116. The Bertz CT molecular complexity index is 969. The lowest BCUT2D eigenvalue weighted by Crippen LogP contribution is -2.15. The molecule has 6 nitrogen and oxygen atoms in total. The second-order valence-corrected chi connectivity index (χ2v) is 8.01. The summed E-state index contributed by atoms with van der Waals surface area (Å²) in [6.07, 6.45) is 0. The number of aryl methyl sites for hydroxylation is 1. The van der Waals surface area contributed by atoms with E-state index in [4.69, 9.17) is 0 Å². The number of anilines is 1. The molecule has 3 rings (SSSR count). The van der Waals surface area contributed by atoms with Crippen molar-refractivity contribution >= 4 is 23.4 Å². The molecular formula is C21H24N4O2S. The molecule has 0 atom stereocenters. The molecule has 0 aliphatic carbocycles. The quantitative estimate of drug-likeness (QED) is 0.581. The molecule has 0 saturated carbocycles. The number of nitrogens with one attached hydrogen (secondary N) is 1. The first-order chi connectivity index (χ1) is 13.4. The number of rotatable bonds is 7. The maximum Gasteiger partial charge on any atom is 0.234 e. The van der Waals surface area contributed by atoms with Gasteiger partial charge < -0.3 is 15.0 Å². The summed E-state index contributed by atoms with van der Waals surface area (Å²) in [7, 11) is 0. The van der Waals surface area contributed by atoms with Gasteiger partial charge in [-0.1, -0.05) is 55.4 Å². The topological polar surface area (TPSA) is 80.0 Å². The Kier molecular flexibility index (Phi) is 6.36. The van der Waals surface area contributed by atoms with Gasteiger partial charge in [-0.2, -0.15) is 0 Å². The molecule has 0 unspecified atom stereocenters. The van der Waals surface area contributed by atoms with E-state index in [0.29, 0.717) is 11.6 Å². The van der Waals surface area contributed by atoms with Crippen molar-refractivity contribution in [3.8, 4) is 17.1 Å². The first kappa shape index (κ1) is 19.9. The lowest BCUT2D eigenvalue weighted by molar-refractivity contribution is -0.113. The largest absolute Gasteiger partial charge is 0.508 e. The van der Waals surface area contributed by atoms with Gasteiger partial charge in [-0.05, 0) is 31.0 Å². The van der Waals surface area contributed by atoms with Crippen molar-refractivity contribution in [1.29, 1.82) is 0 Å². The molecular weight excluding hydrogens is 372 g/mol. The molecule has 0 bridgehead atoms. The molecule has 146 valence electrons. The van der Waals surface area contributed by atoms with E-state index in [2.05, 4.69) is 40.0 Å². The Morgan fingerprint density at radius 1 is 1.18 bits per heavy atom. The summed E-state index contributed by atoms with van der Waals surface area (Å²) < 4.78 is 2.08. The number of phenols is 1. The van der Waals surface area contributed by atoms with Gasteiger partial charge in [0.25, 0.3) is 0 Å². The summed E-state index contributed by atoms with van der Waals surface area (Å²) >= 11 is 1.36. The molecule has 0 spiro atoms. The maximum atomic E-state index is 12.3. The van der Waals surface area contributed by atoms with Gasteiger partial charge in [-0.15, -0.1) is 10.2 Å². The van der Waals surface area contributed by atoms with E-state index < -0.39 is 0 Å². The summed E-state index contributed by atoms with van der Waals surface area (Å²) in [5, 5.41) is 21.7. The first-order valence-corrected chi connectivity index (χ1v) is 10.1. The number of aromatic hydroxyl groups is 1. The number of thioether (sulfide) groups is 1. The number of nitrogens with zero attached hydrogens (tertiary/aromatic N) is 3. The second kappa shape index (κ2) is 8.93. The van der Waals surface area contributed by atoms with Gasteiger partial charge in [0, 0.05) is 23.9 Å². The molecule has 1 amide bonds. The van der Waals surface area contributed by atoms with Gasteiger partial charge in [0.1, 0.15) is 5.75 Å². The fraction of sp³-hybridized carbons (Fsp3) is 0.286. The third-order valence-corrected chi connectivity index (χ3v) is 4.97. The zero-order valence-corrected chi connectivity index (χ0v) is 17.0. The number of phenolic OH excluding ortho intramolecular Hbond substituents is 1. The molecule has 1 aromatic heterocycles. The molecule has 0 fully saturated rings. The van der Waals surface area contributed by atoms with E-state index in [0.717, 1.165) is 28.7 Å². The molecule has 2 N–H and O–H groups in total. The number of benzene rings is 2. The first-order valence-electron chi connectivity index (χ1n) is 9.14. The van der Waals surface area contributed by atoms with Gasteiger partial charge in [0.2, 0.25) is 5.91 Å². The van der Waals surface area contributed by atoms with Gasteiger partial charge in [-0.3, -0.25) is 4.79 Å². The van der Waals surface area contributed by atoms with Crippen LogP contribution in [0.1, 0.15) is 19.4 Å². The number of amides is 1. The van der Waals surface area contributed by atoms with E-state index in [-0.39, 0.29) is 17.4 Å². The highest BCUT2D eigenvalue weighted by atomic mass is 32.2. The van der Waals surface area contributed by atoms with E-state index >= 15 is 0 Å². The summed E-state index contributed by atoms with van der Waals surface area (Å²) in [4.78, 5) is 12.3. The molecule has 1 heterocycles. The molecule has 0 aliphatic heterocycles. The van der Waals surface area contributed by atoms with Crippen LogP contribution in [-0.2, 0) is 11.3 Å². The van der Waals surface area contributed by atoms with Gasteiger partial charge in [-0.25, -0.2) is 0 Å². The van der Waals surface area contributed by atoms with Gasteiger partial charge in [0.05, 0.1) is 5.75 Å². The second-order valence-electron chi connectivity index (χ2n) is 7.07. The molecule has 0 radical (unpaired) electrons. The van der Waals surface area contributed by atoms with Crippen LogP contribution in [0, 0.1) is 12.8 Å². The van der Waals surface area contributed by atoms with Crippen LogP contribution in [-0.4, -0.2) is 31.5 Å². The van der Waals surface area contributed by atoms with Crippen LogP contribution >= 0.6 is 11.8 Å². The molecule has 0 aliphatic rings. The van der Waals surface area contributed by atoms with Gasteiger partial charge in [0.15, 0.2) is 11.0 Å². The predicted molar refractivity (Wildman–Crippen MR) is 112 cm³/mol. The summed E-state index contributed by atoms with van der Waals surface area (Å²) in [5.74, 6) is 1.39. The number of hydrogen-bond acceptors (Lipinski definition) is 5. The minimum atomic E-state index is -0.160. The fourth-order valence-electron chi connectivity index (χ4n) is 2.83. The third kappa shape index (κ3) is 5.13. The monoisotopic (exact) mass is 396 g/mol. The van der Waals surface area contributed by atoms with Crippen molar-refractivity contribution in [2.24, 2.45) is 5.92 Å². The van der Waals surface area contributed by atoms with E-state index in [1.807, 2.05) is 25.1 Å². The zero-order chi connectivity index (χ0) is 20.1. The molecule has 2 aromatic carbocycles. The molecule has 3 aromatic rings. The van der Waals surface area contributed by atoms with E-state index in [1.54, 1.807) is 18.2 Å². The van der Waals surface area contributed by atoms with Crippen LogP contribution in [0.25, 0.3) is 11.4 Å². The predicted octanol–water partition coefficient (Wildman–Crippen LogP) is 4.35. The van der Waals surface area contributed by atoms with Crippen molar-refractivity contribution in [1.82, 2.24) is 14.8 Å². The Balaban J connectivity index is 1.75. The highest BCUT2D eigenvalue weighted by Crippen LogP contribution is 2.26. The Labute approximate surface area is 169 Å². The van der Waals surface area contributed by atoms with Crippen LogP contribution < -0.4 is 5.32 Å². The van der Waals surface area contributed by atoms with Crippen LogP contribution in [0.5, 0.6) is 5.75 Å². The van der Waals surface area contributed by atoms with Crippen LogP contribution in [0.3, 0.4) is 0 Å². The average molecular weight is 397 g/mol. The Morgan fingerprint density at radius 2 is 1.96 bits per heavy atom. The van der Waals surface area contributed by atoms with Crippen LogP contribution in [0.15, 0.2) is 53.7 Å². The van der Waals surface area contributed by atoms with Crippen molar-refractivity contribution in [2.45, 2.75) is 32.5 Å². The van der Waals surface area contributed by atoms with E-state index in [1.165, 1.54) is 17.8 Å². The number of aromatic nitrogens is 3. The third-order valence-electron chi connectivity index (χ3n) is 4.00. The highest BCUT2D eigenvalue weighted by Gasteiger charge is 2.17. The lowest BCUT2D eigenvalue weighted by atomic mass is 10.1. The van der Waals surface area contributed by atoms with Crippen molar-refractivity contribution < 1.29 is 9.90 Å². The minimum Gasteiger partial charge on any atom is -0.508 e. The number of carbonyl (C=O) groups excluding carboxylic acids is 1. The normalized spacial score (nSPS) is 11.0. The van der Waals surface area contributed by atoms with Crippen molar-refractivity contribution in [2.75, 3.05) is 11.1 Å². The summed E-state index contributed by atoms with van der Waals surface area (Å²) in [5.41, 5.74) is 2.75. The fourth-order valence-corrected chi connectivity index (χ4v) is 3.58. The lowest BCUT2D eigenvalue weighted by Gasteiger charge is -2.13. The Morgan fingerprint density at radius 3 is 2.68 bits per heavy atom. The summed E-state index contributed by atoms with van der Waals surface area (Å²) in [6, 6.07) is 14.7. The molecule has 7 heteroatoms. The highest BCUT2D eigenvalue weighted by molar-refractivity contribution is 7.99. The van der Waals surface area contributed by atoms with Crippen molar-refractivity contribution in [3.05, 3.63) is 54.1 Å². The standard InChI is InChI=1S/C21H24N4O2S/c1-14(2)12-25-20(16-7-4-6-15(3)10-16)23-24-21(25)28-13-19(27)22-17-8-5-9-18(26)11-17/h4-11,14,26H,12-13H2,1-3H3,(H,22,27). The van der Waals surface area contributed by atoms with Gasteiger partial charge >= 0.3 is 0 Å². The Hall–Kier alpha value is -2.80. The van der Waals surface area contributed by atoms with Crippen molar-refractivity contribution in [3.63, 3.8) is 0 Å². The number of hydrogen-bond donors (Lipinski definition) is 2. The zero-order valence-electron chi connectivity index (χ0n) is 16.2. The average Bonchev–Trinajstić information content (AvgIpc) is 3.02.